The number of nitrogens with one attached hydrogen (secondary N) is 1. The zero-order valence-electron chi connectivity index (χ0n) is 10.8. The molecule has 0 aliphatic carbocycles. The van der Waals surface area contributed by atoms with Gasteiger partial charge in [-0.3, -0.25) is 0 Å². The van der Waals surface area contributed by atoms with Crippen LogP contribution in [0.1, 0.15) is 24.6 Å². The number of nitrogens with zero attached hydrogens (tertiary/aromatic N) is 1. The van der Waals surface area contributed by atoms with Gasteiger partial charge in [0.1, 0.15) is 4.21 Å². The Kier molecular flexibility index (Phi) is 4.42. The van der Waals surface area contributed by atoms with E-state index in [0.29, 0.717) is 23.3 Å². The van der Waals surface area contributed by atoms with Crippen molar-refractivity contribution in [1.82, 2.24) is 9.62 Å². The number of hydrogen-bond donors (Lipinski definition) is 1. The van der Waals surface area contributed by atoms with Crippen LogP contribution in [0, 0.1) is 6.92 Å². The van der Waals surface area contributed by atoms with Crippen LogP contribution in [-0.2, 0) is 10.0 Å². The van der Waals surface area contributed by atoms with Crippen molar-refractivity contribution in [2.24, 2.45) is 0 Å². The Balaban J connectivity index is 2.15. The Morgan fingerprint density at radius 2 is 2.28 bits per heavy atom. The minimum Gasteiger partial charge on any atom is -0.313 e. The van der Waals surface area contributed by atoms with E-state index < -0.39 is 10.0 Å². The fourth-order valence-corrected chi connectivity index (χ4v) is 5.26. The first-order chi connectivity index (χ1) is 8.54. The molecule has 6 heteroatoms. The van der Waals surface area contributed by atoms with Gasteiger partial charge in [-0.15, -0.1) is 11.3 Å². The molecule has 1 N–H and O–H groups in total. The first-order valence-electron chi connectivity index (χ1n) is 6.34. The summed E-state index contributed by atoms with van der Waals surface area (Å²) < 4.78 is 27.0. The Hall–Kier alpha value is -0.430. The molecule has 1 fully saturated rings. The van der Waals surface area contributed by atoms with Crippen molar-refractivity contribution in [3.05, 3.63) is 17.0 Å². The van der Waals surface area contributed by atoms with Crippen molar-refractivity contribution in [2.45, 2.75) is 36.9 Å². The largest absolute Gasteiger partial charge is 0.313 e. The number of aryl methyl sites for hydroxylation is 1. The third-order valence-electron chi connectivity index (χ3n) is 3.19. The van der Waals surface area contributed by atoms with Crippen LogP contribution in [0.4, 0.5) is 0 Å². The van der Waals surface area contributed by atoms with Gasteiger partial charge in [0.2, 0.25) is 0 Å². The molecule has 4 nitrogen and oxygen atoms in total. The molecule has 1 aliphatic heterocycles. The quantitative estimate of drug-likeness (QED) is 0.919. The van der Waals surface area contributed by atoms with Crippen molar-refractivity contribution in [2.75, 3.05) is 19.6 Å². The molecule has 2 heterocycles. The molecule has 1 saturated heterocycles. The van der Waals surface area contributed by atoms with Crippen LogP contribution in [0.2, 0.25) is 0 Å². The smallest absolute Gasteiger partial charge is 0.252 e. The van der Waals surface area contributed by atoms with Crippen LogP contribution < -0.4 is 5.32 Å². The first-order valence-corrected chi connectivity index (χ1v) is 8.59. The van der Waals surface area contributed by atoms with E-state index >= 15 is 0 Å². The lowest BCUT2D eigenvalue weighted by Gasteiger charge is -2.31. The molecule has 102 valence electrons. The van der Waals surface area contributed by atoms with Crippen molar-refractivity contribution in [3.8, 4) is 0 Å². The first kappa shape index (κ1) is 14.0. The second-order valence-electron chi connectivity index (χ2n) is 4.62. The highest BCUT2D eigenvalue weighted by atomic mass is 32.2. The summed E-state index contributed by atoms with van der Waals surface area (Å²) in [6.07, 6.45) is 1.99. The SMILES string of the molecule is CCNC1CCCN(S(=O)(=O)c2ccc(C)s2)C1. The Labute approximate surface area is 113 Å². The minimum absolute atomic E-state index is 0.291. The summed E-state index contributed by atoms with van der Waals surface area (Å²) in [6.45, 7) is 6.10. The lowest BCUT2D eigenvalue weighted by Crippen LogP contribution is -2.47. The van der Waals surface area contributed by atoms with Gasteiger partial charge in [-0.2, -0.15) is 4.31 Å². The lowest BCUT2D eigenvalue weighted by molar-refractivity contribution is 0.286. The van der Waals surface area contributed by atoms with Gasteiger partial charge in [-0.05, 0) is 38.4 Å². The summed E-state index contributed by atoms with van der Waals surface area (Å²) in [6, 6.07) is 3.87. The van der Waals surface area contributed by atoms with Gasteiger partial charge in [-0.25, -0.2) is 8.42 Å². The summed E-state index contributed by atoms with van der Waals surface area (Å²) in [5, 5.41) is 3.34. The molecule has 1 aliphatic rings. The average Bonchev–Trinajstić information content (AvgIpc) is 2.77. The second-order valence-corrected chi connectivity index (χ2v) is 8.08. The summed E-state index contributed by atoms with van der Waals surface area (Å²) in [5.41, 5.74) is 0. The van der Waals surface area contributed by atoms with Crippen LogP contribution in [0.25, 0.3) is 0 Å². The Morgan fingerprint density at radius 3 is 2.89 bits per heavy atom. The maximum atomic E-state index is 12.5. The van der Waals surface area contributed by atoms with Gasteiger partial charge in [0.05, 0.1) is 0 Å². The van der Waals surface area contributed by atoms with Crippen molar-refractivity contribution >= 4 is 21.4 Å². The number of likely N-dealkylation sites (N-methyl/N-ethyl adjacent to an activating group) is 1. The third kappa shape index (κ3) is 2.93. The van der Waals surface area contributed by atoms with Gasteiger partial charge >= 0.3 is 0 Å². The molecule has 1 atom stereocenters. The molecule has 1 unspecified atom stereocenters. The van der Waals surface area contributed by atoms with Crippen molar-refractivity contribution < 1.29 is 8.42 Å². The number of rotatable bonds is 4. The van der Waals surface area contributed by atoms with E-state index in [1.54, 1.807) is 10.4 Å². The Morgan fingerprint density at radius 1 is 1.50 bits per heavy atom. The fourth-order valence-electron chi connectivity index (χ4n) is 2.29. The van der Waals surface area contributed by atoms with E-state index in [9.17, 15) is 8.42 Å². The highest BCUT2D eigenvalue weighted by Gasteiger charge is 2.30. The normalized spacial score (nSPS) is 22.2. The fraction of sp³-hybridized carbons (Fsp3) is 0.667. The van der Waals surface area contributed by atoms with Crippen molar-refractivity contribution in [3.63, 3.8) is 0 Å². The van der Waals surface area contributed by atoms with Crippen LogP contribution in [0.15, 0.2) is 16.3 Å². The molecular formula is C12H20N2O2S2. The van der Waals surface area contributed by atoms with Gasteiger partial charge in [0.25, 0.3) is 10.0 Å². The minimum atomic E-state index is -3.28. The predicted molar refractivity (Wildman–Crippen MR) is 74.5 cm³/mol. The molecule has 0 amide bonds. The van der Waals surface area contributed by atoms with E-state index in [2.05, 4.69) is 12.2 Å². The van der Waals surface area contributed by atoms with Gasteiger partial charge in [-0.1, -0.05) is 6.92 Å². The molecule has 0 radical (unpaired) electrons. The molecule has 0 spiro atoms. The van der Waals surface area contributed by atoms with Crippen LogP contribution in [0.5, 0.6) is 0 Å². The monoisotopic (exact) mass is 288 g/mol. The molecule has 2 rings (SSSR count). The Bertz CT molecular complexity index is 494. The second kappa shape index (κ2) is 5.69. The maximum absolute atomic E-state index is 12.5. The highest BCUT2D eigenvalue weighted by Crippen LogP contribution is 2.26. The number of sulfonamides is 1. The van der Waals surface area contributed by atoms with Crippen LogP contribution in [0.3, 0.4) is 0 Å². The van der Waals surface area contributed by atoms with Crippen LogP contribution in [-0.4, -0.2) is 38.4 Å². The summed E-state index contributed by atoms with van der Waals surface area (Å²) >= 11 is 1.35. The standard InChI is InChI=1S/C12H20N2O2S2/c1-3-13-11-5-4-8-14(9-11)18(15,16)12-7-6-10(2)17-12/h6-7,11,13H,3-5,8-9H2,1-2H3. The molecular weight excluding hydrogens is 268 g/mol. The molecule has 18 heavy (non-hydrogen) atoms. The summed E-state index contributed by atoms with van der Waals surface area (Å²) in [7, 11) is -3.28. The van der Waals surface area contributed by atoms with Gasteiger partial charge in [0, 0.05) is 24.0 Å². The number of thiophene rings is 1. The number of hydrogen-bond acceptors (Lipinski definition) is 4. The highest BCUT2D eigenvalue weighted by molar-refractivity contribution is 7.91. The topological polar surface area (TPSA) is 49.4 Å². The van der Waals surface area contributed by atoms with E-state index in [0.717, 1.165) is 24.3 Å². The summed E-state index contributed by atoms with van der Waals surface area (Å²) in [4.78, 5) is 1.04. The third-order valence-corrected chi connectivity index (χ3v) is 6.52. The predicted octanol–water partition coefficient (Wildman–Crippen LogP) is 1.82. The molecule has 1 aromatic heterocycles. The molecule has 1 aromatic rings. The van der Waals surface area contributed by atoms with Crippen LogP contribution >= 0.6 is 11.3 Å². The lowest BCUT2D eigenvalue weighted by atomic mass is 10.1. The van der Waals surface area contributed by atoms with Gasteiger partial charge in [0.15, 0.2) is 0 Å². The van der Waals surface area contributed by atoms with Crippen molar-refractivity contribution in [1.29, 1.82) is 0 Å². The summed E-state index contributed by atoms with van der Waals surface area (Å²) in [5.74, 6) is 0. The molecule has 0 saturated carbocycles. The maximum Gasteiger partial charge on any atom is 0.252 e. The van der Waals surface area contributed by atoms with E-state index in [1.165, 1.54) is 11.3 Å². The number of piperidine rings is 1. The zero-order chi connectivity index (χ0) is 13.2. The average molecular weight is 288 g/mol. The van der Waals surface area contributed by atoms with E-state index in [4.69, 9.17) is 0 Å². The van der Waals surface area contributed by atoms with E-state index in [-0.39, 0.29) is 0 Å². The zero-order valence-corrected chi connectivity index (χ0v) is 12.5. The molecule has 0 aromatic carbocycles. The van der Waals surface area contributed by atoms with Gasteiger partial charge < -0.3 is 5.32 Å². The van der Waals surface area contributed by atoms with E-state index in [1.807, 2.05) is 13.0 Å². The molecule has 0 bridgehead atoms.